The van der Waals surface area contributed by atoms with Crippen molar-refractivity contribution in [2.24, 2.45) is 0 Å². The summed E-state index contributed by atoms with van der Waals surface area (Å²) in [6, 6.07) is 6.72. The van der Waals surface area contributed by atoms with Crippen LogP contribution in [0.25, 0.3) is 11.0 Å². The third-order valence-electron chi connectivity index (χ3n) is 4.02. The molecule has 0 aliphatic heterocycles. The minimum absolute atomic E-state index is 0.0350. The molecule has 1 aliphatic rings. The Hall–Kier alpha value is -1.82. The number of furan rings is 1. The van der Waals surface area contributed by atoms with Gasteiger partial charge in [-0.3, -0.25) is 0 Å². The van der Waals surface area contributed by atoms with Crippen molar-refractivity contribution in [3.63, 3.8) is 0 Å². The lowest BCUT2D eigenvalue weighted by Gasteiger charge is -2.09. The highest BCUT2D eigenvalue weighted by Gasteiger charge is 2.32. The largest absolute Gasteiger partial charge is 0.478 e. The van der Waals surface area contributed by atoms with Crippen LogP contribution in [-0.2, 0) is 15.6 Å². The zero-order valence-electron chi connectivity index (χ0n) is 11.4. The van der Waals surface area contributed by atoms with Gasteiger partial charge in [-0.25, -0.2) is 13.2 Å². The Morgan fingerprint density at radius 1 is 1.24 bits per heavy atom. The average Bonchev–Trinajstić information content (AvgIpc) is 3.05. The second kappa shape index (κ2) is 5.18. The molecule has 1 aromatic carbocycles. The van der Waals surface area contributed by atoms with Gasteiger partial charge in [0.2, 0.25) is 0 Å². The molecule has 1 saturated carbocycles. The molecule has 0 spiro atoms. The van der Waals surface area contributed by atoms with Crippen molar-refractivity contribution in [2.75, 3.05) is 0 Å². The number of hydrogen-bond acceptors (Lipinski definition) is 4. The predicted molar refractivity (Wildman–Crippen MR) is 78.1 cm³/mol. The molecule has 0 bridgehead atoms. The van der Waals surface area contributed by atoms with Crippen LogP contribution >= 0.6 is 0 Å². The van der Waals surface area contributed by atoms with Crippen LogP contribution in [-0.4, -0.2) is 24.7 Å². The molecule has 1 N–H and O–H groups in total. The number of aromatic carboxylic acids is 1. The van der Waals surface area contributed by atoms with Crippen molar-refractivity contribution < 1.29 is 22.7 Å². The van der Waals surface area contributed by atoms with E-state index in [0.29, 0.717) is 23.8 Å². The fourth-order valence-corrected chi connectivity index (χ4v) is 4.84. The maximum absolute atomic E-state index is 12.4. The van der Waals surface area contributed by atoms with Crippen molar-refractivity contribution in [3.8, 4) is 0 Å². The van der Waals surface area contributed by atoms with Gasteiger partial charge < -0.3 is 9.52 Å². The molecule has 1 aromatic heterocycles. The summed E-state index contributed by atoms with van der Waals surface area (Å²) in [5.74, 6) is -1.46. The summed E-state index contributed by atoms with van der Waals surface area (Å²) >= 11 is 0. The molecular formula is C15H16O5S. The first-order valence-electron chi connectivity index (χ1n) is 6.94. The van der Waals surface area contributed by atoms with Crippen LogP contribution in [0.1, 0.15) is 41.8 Å². The molecule has 112 valence electrons. The minimum atomic E-state index is -3.37. The SMILES string of the molecule is O=C(O)c1c(CS(=O)(=O)C2CCCC2)oc2ccccc12. The molecule has 2 aromatic rings. The van der Waals surface area contributed by atoms with E-state index >= 15 is 0 Å². The van der Waals surface area contributed by atoms with Gasteiger partial charge in [0.15, 0.2) is 9.84 Å². The van der Waals surface area contributed by atoms with Crippen molar-refractivity contribution in [1.82, 2.24) is 0 Å². The van der Waals surface area contributed by atoms with Crippen molar-refractivity contribution in [2.45, 2.75) is 36.7 Å². The maximum atomic E-state index is 12.4. The van der Waals surface area contributed by atoms with E-state index in [2.05, 4.69) is 0 Å². The number of rotatable bonds is 4. The zero-order valence-corrected chi connectivity index (χ0v) is 12.2. The topological polar surface area (TPSA) is 84.6 Å². The van der Waals surface area contributed by atoms with Gasteiger partial charge in [-0.15, -0.1) is 0 Å². The van der Waals surface area contributed by atoms with E-state index in [-0.39, 0.29) is 22.3 Å². The third-order valence-corrected chi connectivity index (χ3v) is 6.18. The van der Waals surface area contributed by atoms with E-state index in [1.54, 1.807) is 24.3 Å². The van der Waals surface area contributed by atoms with E-state index in [4.69, 9.17) is 4.42 Å². The summed E-state index contributed by atoms with van der Waals surface area (Å²) in [5, 5.41) is 9.44. The predicted octanol–water partition coefficient (Wildman–Crippen LogP) is 2.99. The van der Waals surface area contributed by atoms with E-state index in [1.165, 1.54) is 0 Å². The summed E-state index contributed by atoms with van der Waals surface area (Å²) in [5.41, 5.74) is 0.374. The molecule has 1 fully saturated rings. The molecule has 0 saturated heterocycles. The number of para-hydroxylation sites is 1. The molecule has 21 heavy (non-hydrogen) atoms. The van der Waals surface area contributed by atoms with Gasteiger partial charge in [-0.2, -0.15) is 0 Å². The second-order valence-corrected chi connectivity index (χ2v) is 7.70. The van der Waals surface area contributed by atoms with Crippen LogP contribution in [0.2, 0.25) is 0 Å². The highest BCUT2D eigenvalue weighted by molar-refractivity contribution is 7.91. The number of fused-ring (bicyclic) bond motifs is 1. The quantitative estimate of drug-likeness (QED) is 0.938. The van der Waals surface area contributed by atoms with E-state index < -0.39 is 15.8 Å². The number of hydrogen-bond donors (Lipinski definition) is 1. The number of benzene rings is 1. The Labute approximate surface area is 122 Å². The van der Waals surface area contributed by atoms with Crippen molar-refractivity contribution in [1.29, 1.82) is 0 Å². The Bertz CT molecular complexity index is 781. The lowest BCUT2D eigenvalue weighted by Crippen LogP contribution is -2.20. The number of carboxylic acids is 1. The lowest BCUT2D eigenvalue weighted by molar-refractivity contribution is 0.0697. The van der Waals surface area contributed by atoms with Crippen molar-refractivity contribution in [3.05, 3.63) is 35.6 Å². The van der Waals surface area contributed by atoms with Gasteiger partial charge in [0, 0.05) is 5.39 Å². The molecular weight excluding hydrogens is 292 g/mol. The fourth-order valence-electron chi connectivity index (χ4n) is 2.98. The van der Waals surface area contributed by atoms with Crippen LogP contribution in [0.3, 0.4) is 0 Å². The first-order chi connectivity index (χ1) is 9.99. The standard InChI is InChI=1S/C15H16O5S/c16-15(17)14-11-7-3-4-8-12(11)20-13(14)9-21(18,19)10-5-1-2-6-10/h3-4,7-8,10H,1-2,5-6,9H2,(H,16,17). The van der Waals surface area contributed by atoms with Crippen LogP contribution < -0.4 is 0 Å². The third kappa shape index (κ3) is 2.55. The monoisotopic (exact) mass is 308 g/mol. The summed E-state index contributed by atoms with van der Waals surface area (Å²) in [6.07, 6.45) is 3.14. The number of sulfone groups is 1. The van der Waals surface area contributed by atoms with Gasteiger partial charge in [0.05, 0.1) is 5.25 Å². The Kier molecular flexibility index (Phi) is 3.49. The highest BCUT2D eigenvalue weighted by atomic mass is 32.2. The Balaban J connectivity index is 2.04. The summed E-state index contributed by atoms with van der Waals surface area (Å²) in [6.45, 7) is 0. The molecule has 0 atom stereocenters. The van der Waals surface area contributed by atoms with Crippen LogP contribution in [0.4, 0.5) is 0 Å². The smallest absolute Gasteiger partial charge is 0.339 e. The maximum Gasteiger partial charge on any atom is 0.339 e. The van der Waals surface area contributed by atoms with Gasteiger partial charge in [-0.05, 0) is 18.9 Å². The number of carboxylic acid groups (broad SMARTS) is 1. The molecule has 1 heterocycles. The van der Waals surface area contributed by atoms with Crippen molar-refractivity contribution >= 4 is 26.8 Å². The van der Waals surface area contributed by atoms with E-state index in [0.717, 1.165) is 12.8 Å². The fraction of sp³-hybridized carbons (Fsp3) is 0.400. The van der Waals surface area contributed by atoms with Crippen LogP contribution in [0.15, 0.2) is 28.7 Å². The molecule has 3 rings (SSSR count). The molecule has 6 heteroatoms. The zero-order chi connectivity index (χ0) is 15.0. The molecule has 0 unspecified atom stereocenters. The summed E-state index contributed by atoms with van der Waals surface area (Å²) < 4.78 is 30.3. The summed E-state index contributed by atoms with van der Waals surface area (Å²) in [4.78, 5) is 11.4. The normalized spacial score (nSPS) is 16.6. The first-order valence-corrected chi connectivity index (χ1v) is 8.66. The van der Waals surface area contributed by atoms with Gasteiger partial charge in [0.25, 0.3) is 0 Å². The molecule has 0 amide bonds. The summed E-state index contributed by atoms with van der Waals surface area (Å²) in [7, 11) is -3.37. The van der Waals surface area contributed by atoms with Gasteiger partial charge in [0.1, 0.15) is 22.7 Å². The second-order valence-electron chi connectivity index (χ2n) is 5.42. The highest BCUT2D eigenvalue weighted by Crippen LogP contribution is 2.31. The molecule has 1 aliphatic carbocycles. The lowest BCUT2D eigenvalue weighted by atomic mass is 10.1. The average molecular weight is 308 g/mol. The first kappa shape index (κ1) is 14.1. The van der Waals surface area contributed by atoms with Crippen LogP contribution in [0, 0.1) is 0 Å². The molecule has 0 radical (unpaired) electrons. The van der Waals surface area contributed by atoms with E-state index in [9.17, 15) is 18.3 Å². The Morgan fingerprint density at radius 2 is 1.90 bits per heavy atom. The minimum Gasteiger partial charge on any atom is -0.478 e. The van der Waals surface area contributed by atoms with Crippen LogP contribution in [0.5, 0.6) is 0 Å². The number of carbonyl (C=O) groups is 1. The molecule has 5 nitrogen and oxygen atoms in total. The van der Waals surface area contributed by atoms with E-state index in [1.807, 2.05) is 0 Å². The van der Waals surface area contributed by atoms with Gasteiger partial charge >= 0.3 is 5.97 Å². The van der Waals surface area contributed by atoms with Gasteiger partial charge in [-0.1, -0.05) is 31.0 Å². The Morgan fingerprint density at radius 3 is 2.57 bits per heavy atom.